The van der Waals surface area contributed by atoms with Crippen LogP contribution in [0.25, 0.3) is 0 Å². The van der Waals surface area contributed by atoms with Crippen LogP contribution in [0.15, 0.2) is 76.4 Å². The number of anilines is 2. The smallest absolute Gasteiger partial charge is 0.355 e. The third kappa shape index (κ3) is 5.77. The second-order valence-corrected chi connectivity index (χ2v) is 8.09. The lowest BCUT2D eigenvalue weighted by Crippen LogP contribution is -2.43. The standard InChI is InChI=1S/C26H27FN6O3/c1-28-23-20(4-3-14-29-23)13-15-30-24-31-25(34)33(17-18-5-9-21(27)10-6-18)26(35)32(24)16-19-7-11-22(36-2)12-8-19/h3-12,14H,13,15-17H2,1-2H3,(H,28,29)(H,30,31,34). The van der Waals surface area contributed by atoms with E-state index >= 15 is 0 Å². The normalized spacial score (nSPS) is 10.8. The van der Waals surface area contributed by atoms with E-state index in [4.69, 9.17) is 4.74 Å². The molecule has 4 aromatic rings. The van der Waals surface area contributed by atoms with Gasteiger partial charge in [0.15, 0.2) is 0 Å². The first-order valence-corrected chi connectivity index (χ1v) is 11.4. The van der Waals surface area contributed by atoms with Gasteiger partial charge in [-0.3, -0.25) is 4.57 Å². The van der Waals surface area contributed by atoms with Crippen LogP contribution in [-0.2, 0) is 19.5 Å². The number of pyridine rings is 1. The molecule has 0 amide bonds. The molecule has 2 N–H and O–H groups in total. The van der Waals surface area contributed by atoms with Crippen molar-refractivity contribution >= 4 is 11.8 Å². The van der Waals surface area contributed by atoms with Crippen LogP contribution in [0.1, 0.15) is 16.7 Å². The molecule has 0 radical (unpaired) electrons. The lowest BCUT2D eigenvalue weighted by molar-refractivity contribution is 0.414. The Morgan fingerprint density at radius 3 is 2.28 bits per heavy atom. The fourth-order valence-electron chi connectivity index (χ4n) is 3.80. The molecule has 2 aromatic carbocycles. The number of aromatic nitrogens is 4. The summed E-state index contributed by atoms with van der Waals surface area (Å²) in [5.74, 6) is 1.24. The first kappa shape index (κ1) is 24.6. The van der Waals surface area contributed by atoms with E-state index in [-0.39, 0.29) is 19.0 Å². The van der Waals surface area contributed by atoms with Gasteiger partial charge in [-0.25, -0.2) is 23.5 Å². The number of nitrogens with zero attached hydrogens (tertiary/aromatic N) is 4. The number of nitrogens with one attached hydrogen (secondary N) is 2. The summed E-state index contributed by atoms with van der Waals surface area (Å²) >= 11 is 0. The van der Waals surface area contributed by atoms with E-state index in [0.29, 0.717) is 24.3 Å². The maximum Gasteiger partial charge on any atom is 0.355 e. The number of benzene rings is 2. The molecule has 0 spiro atoms. The molecule has 0 unspecified atom stereocenters. The first-order valence-electron chi connectivity index (χ1n) is 11.4. The molecule has 36 heavy (non-hydrogen) atoms. The van der Waals surface area contributed by atoms with E-state index in [1.54, 1.807) is 32.5 Å². The predicted octanol–water partition coefficient (Wildman–Crippen LogP) is 2.74. The Kier molecular flexibility index (Phi) is 7.74. The molecule has 0 aliphatic carbocycles. The highest BCUT2D eigenvalue weighted by atomic mass is 19.1. The van der Waals surface area contributed by atoms with Crippen LogP contribution in [0.4, 0.5) is 16.2 Å². The third-order valence-electron chi connectivity index (χ3n) is 5.71. The van der Waals surface area contributed by atoms with Gasteiger partial charge in [0.2, 0.25) is 5.95 Å². The fourth-order valence-corrected chi connectivity index (χ4v) is 3.80. The number of hydrogen-bond acceptors (Lipinski definition) is 7. The zero-order valence-electron chi connectivity index (χ0n) is 20.1. The summed E-state index contributed by atoms with van der Waals surface area (Å²) in [6.45, 7) is 0.600. The molecular formula is C26H27FN6O3. The largest absolute Gasteiger partial charge is 0.497 e. The molecule has 4 rings (SSSR count). The van der Waals surface area contributed by atoms with E-state index in [1.807, 2.05) is 24.3 Å². The van der Waals surface area contributed by atoms with E-state index in [0.717, 1.165) is 21.5 Å². The molecule has 186 valence electrons. The highest BCUT2D eigenvalue weighted by molar-refractivity contribution is 5.43. The van der Waals surface area contributed by atoms with Crippen molar-refractivity contribution in [3.05, 3.63) is 110 Å². The Morgan fingerprint density at radius 1 is 0.944 bits per heavy atom. The Balaban J connectivity index is 1.65. The van der Waals surface area contributed by atoms with Crippen molar-refractivity contribution in [3.63, 3.8) is 0 Å². The highest BCUT2D eigenvalue weighted by Gasteiger charge is 2.15. The first-order chi connectivity index (χ1) is 17.5. The highest BCUT2D eigenvalue weighted by Crippen LogP contribution is 2.14. The monoisotopic (exact) mass is 490 g/mol. The van der Waals surface area contributed by atoms with Gasteiger partial charge in [0.05, 0.1) is 20.2 Å². The molecule has 2 heterocycles. The molecule has 9 nitrogen and oxygen atoms in total. The summed E-state index contributed by atoms with van der Waals surface area (Å²) in [5, 5.41) is 6.20. The average molecular weight is 491 g/mol. The summed E-state index contributed by atoms with van der Waals surface area (Å²) in [5.41, 5.74) is 1.23. The SMILES string of the molecule is CNc1ncccc1CCNc1nc(=O)n(Cc2ccc(F)cc2)c(=O)n1Cc1ccc(OC)cc1. The van der Waals surface area contributed by atoms with Crippen molar-refractivity contribution in [2.45, 2.75) is 19.5 Å². The molecule has 10 heteroatoms. The molecule has 0 saturated carbocycles. The minimum atomic E-state index is -0.685. The van der Waals surface area contributed by atoms with Crippen molar-refractivity contribution in [1.82, 2.24) is 19.1 Å². The Morgan fingerprint density at radius 2 is 1.61 bits per heavy atom. The van der Waals surface area contributed by atoms with Gasteiger partial charge >= 0.3 is 11.4 Å². The minimum Gasteiger partial charge on any atom is -0.497 e. The van der Waals surface area contributed by atoms with E-state index in [9.17, 15) is 14.0 Å². The van der Waals surface area contributed by atoms with E-state index in [1.165, 1.54) is 28.8 Å². The van der Waals surface area contributed by atoms with Crippen LogP contribution in [0.2, 0.25) is 0 Å². The minimum absolute atomic E-state index is 0.0188. The van der Waals surface area contributed by atoms with E-state index < -0.39 is 17.2 Å². The summed E-state index contributed by atoms with van der Waals surface area (Å²) in [7, 11) is 3.38. The van der Waals surface area contributed by atoms with Gasteiger partial charge < -0.3 is 15.4 Å². The molecule has 0 aliphatic rings. The maximum absolute atomic E-state index is 13.5. The summed E-state index contributed by atoms with van der Waals surface area (Å²) in [4.78, 5) is 34.8. The Bertz CT molecular complexity index is 1430. The van der Waals surface area contributed by atoms with Crippen LogP contribution in [0.5, 0.6) is 5.75 Å². The second kappa shape index (κ2) is 11.3. The van der Waals surface area contributed by atoms with Gasteiger partial charge in [-0.05, 0) is 53.4 Å². The molecule has 0 atom stereocenters. The van der Waals surface area contributed by atoms with Gasteiger partial charge in [-0.2, -0.15) is 4.98 Å². The Labute approximate surface area is 207 Å². The summed E-state index contributed by atoms with van der Waals surface area (Å²) in [6, 6.07) is 16.8. The lowest BCUT2D eigenvalue weighted by atomic mass is 10.2. The second-order valence-electron chi connectivity index (χ2n) is 8.09. The summed E-state index contributed by atoms with van der Waals surface area (Å²) < 4.78 is 21.0. The van der Waals surface area contributed by atoms with Gasteiger partial charge in [-0.15, -0.1) is 0 Å². The number of halogens is 1. The molecular weight excluding hydrogens is 463 g/mol. The fraction of sp³-hybridized carbons (Fsp3) is 0.231. The van der Waals surface area contributed by atoms with Crippen molar-refractivity contribution in [1.29, 1.82) is 0 Å². The molecule has 0 fully saturated rings. The van der Waals surface area contributed by atoms with Crippen LogP contribution in [0, 0.1) is 5.82 Å². The average Bonchev–Trinajstić information content (AvgIpc) is 2.90. The zero-order valence-corrected chi connectivity index (χ0v) is 20.1. The van der Waals surface area contributed by atoms with Crippen LogP contribution >= 0.6 is 0 Å². The van der Waals surface area contributed by atoms with Gasteiger partial charge in [-0.1, -0.05) is 30.3 Å². The predicted molar refractivity (Wildman–Crippen MR) is 136 cm³/mol. The number of rotatable bonds is 10. The third-order valence-corrected chi connectivity index (χ3v) is 5.71. The zero-order chi connectivity index (χ0) is 25.5. The van der Waals surface area contributed by atoms with Crippen molar-refractivity contribution in [2.24, 2.45) is 0 Å². The van der Waals surface area contributed by atoms with Crippen molar-refractivity contribution in [3.8, 4) is 5.75 Å². The maximum atomic E-state index is 13.5. The molecule has 0 bridgehead atoms. The molecule has 0 aliphatic heterocycles. The quantitative estimate of drug-likeness (QED) is 0.352. The Hall–Kier alpha value is -4.47. The lowest BCUT2D eigenvalue weighted by Gasteiger charge is -2.16. The molecule has 2 aromatic heterocycles. The van der Waals surface area contributed by atoms with Gasteiger partial charge in [0.1, 0.15) is 17.4 Å². The van der Waals surface area contributed by atoms with E-state index in [2.05, 4.69) is 20.6 Å². The van der Waals surface area contributed by atoms with Crippen LogP contribution in [-0.4, -0.2) is 39.8 Å². The van der Waals surface area contributed by atoms with Crippen LogP contribution in [0.3, 0.4) is 0 Å². The topological polar surface area (TPSA) is 103 Å². The summed E-state index contributed by atoms with van der Waals surface area (Å²) in [6.07, 6.45) is 2.30. The van der Waals surface area contributed by atoms with Crippen LogP contribution < -0.4 is 26.7 Å². The van der Waals surface area contributed by atoms with Crippen molar-refractivity contribution < 1.29 is 9.13 Å². The van der Waals surface area contributed by atoms with Gasteiger partial charge in [0, 0.05) is 19.8 Å². The number of ether oxygens (including phenoxy) is 1. The molecule has 0 saturated heterocycles. The van der Waals surface area contributed by atoms with Gasteiger partial charge in [0.25, 0.3) is 0 Å². The van der Waals surface area contributed by atoms with Crippen molar-refractivity contribution in [2.75, 3.05) is 31.3 Å². The number of hydrogen-bond donors (Lipinski definition) is 2. The number of methoxy groups -OCH3 is 1.